The highest BCUT2D eigenvalue weighted by molar-refractivity contribution is 6.17. The Morgan fingerprint density at radius 3 is 3.00 bits per heavy atom. The van der Waals surface area contributed by atoms with E-state index in [4.69, 9.17) is 11.6 Å². The molecule has 2 rings (SSSR count). The van der Waals surface area contributed by atoms with Crippen molar-refractivity contribution in [2.75, 3.05) is 5.88 Å². The number of alkyl halides is 1. The highest BCUT2D eigenvalue weighted by Gasteiger charge is 2.23. The summed E-state index contributed by atoms with van der Waals surface area (Å²) in [6, 6.07) is 0.518. The van der Waals surface area contributed by atoms with Gasteiger partial charge in [-0.1, -0.05) is 25.7 Å². The first-order valence-electron chi connectivity index (χ1n) is 6.18. The first kappa shape index (κ1) is 11.8. The van der Waals surface area contributed by atoms with Crippen LogP contribution in [0.5, 0.6) is 0 Å². The molecule has 2 atom stereocenters. The van der Waals surface area contributed by atoms with Gasteiger partial charge in [0.1, 0.15) is 6.33 Å². The Labute approximate surface area is 101 Å². The molecule has 0 bridgehead atoms. The molecule has 0 amide bonds. The van der Waals surface area contributed by atoms with Gasteiger partial charge in [-0.05, 0) is 35.6 Å². The summed E-state index contributed by atoms with van der Waals surface area (Å²) in [7, 11) is 0. The van der Waals surface area contributed by atoms with E-state index in [-0.39, 0.29) is 0 Å². The van der Waals surface area contributed by atoms with Crippen molar-refractivity contribution in [2.45, 2.75) is 51.0 Å². The lowest BCUT2D eigenvalue weighted by atomic mass is 9.83. The molecular weight excluding hydrogens is 224 g/mol. The van der Waals surface area contributed by atoms with Crippen LogP contribution in [0.1, 0.15) is 51.0 Å². The molecule has 0 radical (unpaired) electrons. The minimum atomic E-state index is 0.518. The van der Waals surface area contributed by atoms with Crippen molar-refractivity contribution in [3.8, 4) is 0 Å². The molecule has 0 aromatic carbocycles. The van der Waals surface area contributed by atoms with E-state index in [0.29, 0.717) is 6.04 Å². The maximum absolute atomic E-state index is 5.70. The van der Waals surface area contributed by atoms with Crippen LogP contribution in [-0.4, -0.2) is 26.1 Å². The van der Waals surface area contributed by atoms with Crippen molar-refractivity contribution in [1.82, 2.24) is 20.2 Å². The third kappa shape index (κ3) is 3.17. The molecule has 1 aromatic heterocycles. The number of halogens is 1. The van der Waals surface area contributed by atoms with Gasteiger partial charge in [0.05, 0.1) is 6.04 Å². The van der Waals surface area contributed by atoms with Crippen LogP contribution in [0.15, 0.2) is 6.33 Å². The Kier molecular flexibility index (Phi) is 4.57. The fourth-order valence-electron chi connectivity index (χ4n) is 2.63. The second-order valence-corrected chi connectivity index (χ2v) is 5.04. The van der Waals surface area contributed by atoms with Gasteiger partial charge in [-0.2, -0.15) is 0 Å². The van der Waals surface area contributed by atoms with E-state index >= 15 is 0 Å². The summed E-state index contributed by atoms with van der Waals surface area (Å²) in [6.07, 6.45) is 10.6. The maximum atomic E-state index is 5.70. The molecule has 1 saturated carbocycles. The zero-order chi connectivity index (χ0) is 11.2. The number of hydrogen-bond acceptors (Lipinski definition) is 3. The van der Waals surface area contributed by atoms with Crippen molar-refractivity contribution >= 4 is 11.6 Å². The topological polar surface area (TPSA) is 43.6 Å². The number of hydrogen-bond donors (Lipinski definition) is 0. The van der Waals surface area contributed by atoms with Crippen molar-refractivity contribution in [3.05, 3.63) is 6.33 Å². The van der Waals surface area contributed by atoms with Crippen LogP contribution < -0.4 is 0 Å². The summed E-state index contributed by atoms with van der Waals surface area (Å²) in [5.74, 6) is 1.63. The molecule has 1 aliphatic rings. The predicted molar refractivity (Wildman–Crippen MR) is 63.4 cm³/mol. The lowest BCUT2D eigenvalue weighted by molar-refractivity contribution is 0.236. The molecule has 0 spiro atoms. The maximum Gasteiger partial charge on any atom is 0.138 e. The van der Waals surface area contributed by atoms with Gasteiger partial charge in [-0.3, -0.25) is 0 Å². The molecule has 0 saturated heterocycles. The van der Waals surface area contributed by atoms with Gasteiger partial charge in [-0.25, -0.2) is 4.68 Å². The summed E-state index contributed by atoms with van der Waals surface area (Å²) in [4.78, 5) is 0. The highest BCUT2D eigenvalue weighted by atomic mass is 35.5. The molecule has 1 heterocycles. The third-order valence-corrected chi connectivity index (χ3v) is 3.76. The largest absolute Gasteiger partial charge is 0.229 e. The van der Waals surface area contributed by atoms with Gasteiger partial charge in [0.15, 0.2) is 0 Å². The molecular formula is C11H19ClN4. The molecule has 4 nitrogen and oxygen atoms in total. The van der Waals surface area contributed by atoms with E-state index in [1.54, 1.807) is 6.33 Å². The molecule has 0 N–H and O–H groups in total. The summed E-state index contributed by atoms with van der Waals surface area (Å²) in [5, 5.41) is 11.4. The van der Waals surface area contributed by atoms with Gasteiger partial charge in [0.25, 0.3) is 0 Å². The summed E-state index contributed by atoms with van der Waals surface area (Å²) in [5.41, 5.74) is 0. The number of aromatic nitrogens is 4. The molecule has 0 aliphatic heterocycles. The van der Waals surface area contributed by atoms with E-state index in [1.807, 2.05) is 4.68 Å². The van der Waals surface area contributed by atoms with Crippen molar-refractivity contribution in [2.24, 2.45) is 5.92 Å². The fraction of sp³-hybridized carbons (Fsp3) is 0.909. The third-order valence-electron chi connectivity index (χ3n) is 3.49. The Morgan fingerprint density at radius 2 is 2.25 bits per heavy atom. The van der Waals surface area contributed by atoms with Crippen LogP contribution in [0.25, 0.3) is 0 Å². The monoisotopic (exact) mass is 242 g/mol. The van der Waals surface area contributed by atoms with E-state index in [1.165, 1.54) is 38.5 Å². The SMILES string of the molecule is ClCCCC[C@H]1CCC[C@@H](n2cnnn2)C1. The Balaban J connectivity index is 1.80. The zero-order valence-corrected chi connectivity index (χ0v) is 10.3. The summed E-state index contributed by atoms with van der Waals surface area (Å²) in [6.45, 7) is 0. The quantitative estimate of drug-likeness (QED) is 0.589. The predicted octanol–water partition coefficient (Wildman–Crippen LogP) is 2.81. The van der Waals surface area contributed by atoms with Crippen LogP contribution in [0.4, 0.5) is 0 Å². The van der Waals surface area contributed by atoms with Gasteiger partial charge in [0, 0.05) is 5.88 Å². The van der Waals surface area contributed by atoms with Crippen LogP contribution >= 0.6 is 11.6 Å². The Hall–Kier alpha value is -0.640. The number of rotatable bonds is 5. The fourth-order valence-corrected chi connectivity index (χ4v) is 2.82. The number of tetrazole rings is 1. The molecule has 1 aromatic rings. The molecule has 0 unspecified atom stereocenters. The van der Waals surface area contributed by atoms with Gasteiger partial charge in [0.2, 0.25) is 0 Å². The normalized spacial score (nSPS) is 25.8. The van der Waals surface area contributed by atoms with Crippen LogP contribution in [-0.2, 0) is 0 Å². The standard InChI is InChI=1S/C11H19ClN4/c12-7-2-1-4-10-5-3-6-11(8-10)16-9-13-14-15-16/h9-11H,1-8H2/t10-,11+/m0/s1. The molecule has 90 valence electrons. The number of unbranched alkanes of at least 4 members (excludes halogenated alkanes) is 1. The summed E-state index contributed by atoms with van der Waals surface area (Å²) < 4.78 is 1.92. The minimum absolute atomic E-state index is 0.518. The molecule has 1 aliphatic carbocycles. The van der Waals surface area contributed by atoms with E-state index in [9.17, 15) is 0 Å². The Morgan fingerprint density at radius 1 is 1.31 bits per heavy atom. The molecule has 1 fully saturated rings. The first-order chi connectivity index (χ1) is 7.90. The minimum Gasteiger partial charge on any atom is -0.229 e. The van der Waals surface area contributed by atoms with Crippen LogP contribution in [0.3, 0.4) is 0 Å². The van der Waals surface area contributed by atoms with E-state index in [2.05, 4.69) is 15.5 Å². The lowest BCUT2D eigenvalue weighted by Crippen LogP contribution is -2.19. The lowest BCUT2D eigenvalue weighted by Gasteiger charge is -2.28. The van der Waals surface area contributed by atoms with Crippen molar-refractivity contribution < 1.29 is 0 Å². The molecule has 5 heteroatoms. The van der Waals surface area contributed by atoms with Crippen LogP contribution in [0.2, 0.25) is 0 Å². The smallest absolute Gasteiger partial charge is 0.138 e. The first-order valence-corrected chi connectivity index (χ1v) is 6.72. The highest BCUT2D eigenvalue weighted by Crippen LogP contribution is 2.34. The van der Waals surface area contributed by atoms with Crippen molar-refractivity contribution in [3.63, 3.8) is 0 Å². The molecule has 16 heavy (non-hydrogen) atoms. The van der Waals surface area contributed by atoms with Gasteiger partial charge < -0.3 is 0 Å². The van der Waals surface area contributed by atoms with E-state index < -0.39 is 0 Å². The Bertz CT molecular complexity index is 288. The second-order valence-electron chi connectivity index (χ2n) is 4.66. The van der Waals surface area contributed by atoms with Gasteiger partial charge >= 0.3 is 0 Å². The average molecular weight is 243 g/mol. The van der Waals surface area contributed by atoms with Crippen LogP contribution in [0, 0.1) is 5.92 Å². The summed E-state index contributed by atoms with van der Waals surface area (Å²) >= 11 is 5.70. The zero-order valence-electron chi connectivity index (χ0n) is 9.56. The van der Waals surface area contributed by atoms with Crippen molar-refractivity contribution in [1.29, 1.82) is 0 Å². The second kappa shape index (κ2) is 6.18. The number of nitrogens with zero attached hydrogens (tertiary/aromatic N) is 4. The average Bonchev–Trinajstić information content (AvgIpc) is 2.83. The van der Waals surface area contributed by atoms with Gasteiger partial charge in [-0.15, -0.1) is 16.7 Å². The van der Waals surface area contributed by atoms with E-state index in [0.717, 1.165) is 18.2 Å².